The number of carboxylic acid groups (broad SMARTS) is 1. The Balaban J connectivity index is 0. The number of rotatable bonds is 22. The summed E-state index contributed by atoms with van der Waals surface area (Å²) in [6, 6.07) is 2.20. The number of carbonyl (C=O) groups excluding carboxylic acids is 5. The number of aliphatic hydroxyl groups excluding tert-OH is 2. The topological polar surface area (TPSA) is 223 Å². The van der Waals surface area contributed by atoms with Crippen LogP contribution in [0.3, 0.4) is 0 Å². The lowest BCUT2D eigenvalue weighted by molar-refractivity contribution is -0.140. The van der Waals surface area contributed by atoms with Gasteiger partial charge in [-0.3, -0.25) is 28.8 Å². The first-order chi connectivity index (χ1) is 25.5. The van der Waals surface area contributed by atoms with Crippen LogP contribution in [0, 0.1) is 29.5 Å². The molecule has 8 N–H and O–H groups in total. The van der Waals surface area contributed by atoms with Gasteiger partial charge in [0, 0.05) is 19.3 Å². The summed E-state index contributed by atoms with van der Waals surface area (Å²) < 4.78 is 13.7. The van der Waals surface area contributed by atoms with Crippen LogP contribution in [-0.2, 0) is 35.2 Å². The first-order valence-electron chi connectivity index (χ1n) is 19.3. The molecule has 0 saturated heterocycles. The van der Waals surface area contributed by atoms with Crippen molar-refractivity contribution in [2.75, 3.05) is 0 Å². The second-order valence-corrected chi connectivity index (χ2v) is 15.8. The van der Waals surface area contributed by atoms with Gasteiger partial charge in [0.2, 0.25) is 29.5 Å². The van der Waals surface area contributed by atoms with E-state index in [4.69, 9.17) is 5.11 Å². The molecule has 322 valence electrons. The number of benzene rings is 1. The van der Waals surface area contributed by atoms with E-state index in [1.54, 1.807) is 32.9 Å². The van der Waals surface area contributed by atoms with E-state index in [1.165, 1.54) is 12.1 Å². The molecule has 15 heteroatoms. The Kier molecular flexibility index (Phi) is 26.5. The summed E-state index contributed by atoms with van der Waals surface area (Å²) in [6.45, 7) is 20.1. The summed E-state index contributed by atoms with van der Waals surface area (Å²) in [6.07, 6.45) is -0.698. The highest BCUT2D eigenvalue weighted by atomic mass is 19.1. The summed E-state index contributed by atoms with van der Waals surface area (Å²) in [5.74, 6) is -3.14. The second-order valence-electron chi connectivity index (χ2n) is 15.8. The fraction of sp³-hybridized carbons (Fsp3) is 0.707. The third-order valence-corrected chi connectivity index (χ3v) is 8.45. The zero-order valence-electron chi connectivity index (χ0n) is 34.6. The minimum atomic E-state index is -1.16. The van der Waals surface area contributed by atoms with Crippen molar-refractivity contribution in [1.82, 2.24) is 26.6 Å². The molecule has 0 aliphatic rings. The maximum absolute atomic E-state index is 13.7. The molecular formula is C41H72FN5O9. The maximum atomic E-state index is 13.7. The van der Waals surface area contributed by atoms with E-state index in [-0.39, 0.29) is 62.2 Å². The van der Waals surface area contributed by atoms with Crippen LogP contribution in [0.15, 0.2) is 24.3 Å². The van der Waals surface area contributed by atoms with Crippen LogP contribution in [0.25, 0.3) is 0 Å². The summed E-state index contributed by atoms with van der Waals surface area (Å²) in [4.78, 5) is 72.6. The Morgan fingerprint density at radius 3 is 1.70 bits per heavy atom. The van der Waals surface area contributed by atoms with Crippen LogP contribution >= 0.6 is 0 Å². The normalized spacial score (nSPS) is 14.8. The molecule has 0 aromatic heterocycles. The molecule has 56 heavy (non-hydrogen) atoms. The Hall–Kier alpha value is -4.11. The Bertz CT molecular complexity index is 1370. The van der Waals surface area contributed by atoms with E-state index in [9.17, 15) is 43.4 Å². The van der Waals surface area contributed by atoms with E-state index in [0.29, 0.717) is 18.4 Å². The largest absolute Gasteiger partial charge is 0.481 e. The predicted molar refractivity (Wildman–Crippen MR) is 216 cm³/mol. The number of halogens is 1. The lowest BCUT2D eigenvalue weighted by Gasteiger charge is -2.29. The lowest BCUT2D eigenvalue weighted by Crippen LogP contribution is -2.58. The highest BCUT2D eigenvalue weighted by Gasteiger charge is 2.31. The quantitative estimate of drug-likeness (QED) is 0.0852. The zero-order valence-corrected chi connectivity index (χ0v) is 34.6. The number of carboxylic acids is 1. The van der Waals surface area contributed by atoms with Gasteiger partial charge in [-0.1, -0.05) is 81.9 Å². The van der Waals surface area contributed by atoms with Crippen molar-refractivity contribution in [3.63, 3.8) is 0 Å². The Labute approximate surface area is 333 Å². The van der Waals surface area contributed by atoms with E-state index in [1.807, 2.05) is 55.4 Å². The molecule has 0 aliphatic heterocycles. The molecule has 5 amide bonds. The number of amides is 5. The van der Waals surface area contributed by atoms with Gasteiger partial charge in [0.05, 0.1) is 30.7 Å². The molecule has 0 bridgehead atoms. The average Bonchev–Trinajstić information content (AvgIpc) is 3.04. The van der Waals surface area contributed by atoms with Crippen LogP contribution in [0.4, 0.5) is 4.39 Å². The van der Waals surface area contributed by atoms with Crippen LogP contribution < -0.4 is 26.6 Å². The summed E-state index contributed by atoms with van der Waals surface area (Å²) >= 11 is 0. The molecule has 1 rings (SSSR count). The third-order valence-electron chi connectivity index (χ3n) is 8.45. The van der Waals surface area contributed by atoms with Crippen molar-refractivity contribution in [1.29, 1.82) is 0 Å². The van der Waals surface area contributed by atoms with Crippen molar-refractivity contribution in [3.05, 3.63) is 35.6 Å². The summed E-state index contributed by atoms with van der Waals surface area (Å²) in [7, 11) is 0. The number of hydrogen-bond donors (Lipinski definition) is 8. The number of aliphatic carboxylic acids is 1. The molecule has 0 fully saturated rings. The van der Waals surface area contributed by atoms with E-state index in [2.05, 4.69) is 26.6 Å². The molecule has 0 aliphatic carbocycles. The smallest absolute Gasteiger partial charge is 0.306 e. The third kappa shape index (κ3) is 23.1. The van der Waals surface area contributed by atoms with Gasteiger partial charge in [-0.05, 0) is 68.1 Å². The molecule has 0 spiro atoms. The maximum Gasteiger partial charge on any atom is 0.306 e. The first-order valence-corrected chi connectivity index (χ1v) is 19.3. The highest BCUT2D eigenvalue weighted by Crippen LogP contribution is 2.14. The SMILES string of the molecule is C.CC(C)CC(=O)N[C@@H](Cc1cccc(F)c1)C(=O)N[C@H](C(=O)N[C@@H](CC(C)C)[C@H](C)O)C(C)C.CCC(=O)N[C@@H](C)C(=O)N[C@@H](CC(C)C)[C@@H](O)CC(=O)O. The van der Waals surface area contributed by atoms with Crippen LogP contribution in [0.1, 0.15) is 121 Å². The van der Waals surface area contributed by atoms with Gasteiger partial charge in [-0.15, -0.1) is 0 Å². The minimum Gasteiger partial charge on any atom is -0.481 e. The van der Waals surface area contributed by atoms with Gasteiger partial charge in [-0.2, -0.15) is 0 Å². The van der Waals surface area contributed by atoms with Gasteiger partial charge in [-0.25, -0.2) is 4.39 Å². The fourth-order valence-corrected chi connectivity index (χ4v) is 5.54. The standard InChI is InChI=1S/C26H42FN3O4.C14H26N2O5.CH4/c1-15(2)11-21(18(7)31)29-26(34)24(17(5)6)30-25(33)22(28-23(32)12-16(3)4)14-19-9-8-10-20(27)13-19;1-5-12(18)15-9(4)14(21)16-10(6-8(2)3)11(17)7-13(19)20;/h8-10,13,15-18,21-22,24,31H,11-12,14H2,1-7H3,(H,28,32)(H,29,34)(H,30,33);8-11,17H,5-7H2,1-4H3,(H,15,18)(H,16,21)(H,19,20);1H4/t18-,21-,22-,24-;9-,10-,11-;/m00./s1. The fourth-order valence-electron chi connectivity index (χ4n) is 5.54. The summed E-state index contributed by atoms with van der Waals surface area (Å²) in [5.41, 5.74) is 0.557. The number of hydrogen-bond acceptors (Lipinski definition) is 8. The van der Waals surface area contributed by atoms with E-state index >= 15 is 0 Å². The molecule has 0 heterocycles. The van der Waals surface area contributed by atoms with E-state index in [0.717, 1.165) is 0 Å². The van der Waals surface area contributed by atoms with Crippen molar-refractivity contribution >= 4 is 35.5 Å². The molecule has 0 saturated carbocycles. The van der Waals surface area contributed by atoms with Gasteiger partial charge in [0.25, 0.3) is 0 Å². The molecule has 0 radical (unpaired) electrons. The monoisotopic (exact) mass is 798 g/mol. The van der Waals surface area contributed by atoms with Crippen molar-refractivity contribution < 1.29 is 48.5 Å². The van der Waals surface area contributed by atoms with Crippen LogP contribution in [0.2, 0.25) is 0 Å². The molecular weight excluding hydrogens is 725 g/mol. The van der Waals surface area contributed by atoms with Crippen molar-refractivity contribution in [2.24, 2.45) is 23.7 Å². The predicted octanol–water partition coefficient (Wildman–Crippen LogP) is 3.86. The first kappa shape index (κ1) is 54.0. The van der Waals surface area contributed by atoms with Gasteiger partial charge >= 0.3 is 5.97 Å². The number of aliphatic hydroxyl groups is 2. The van der Waals surface area contributed by atoms with Crippen molar-refractivity contribution in [2.45, 2.75) is 165 Å². The second kappa shape index (κ2) is 27.5. The Morgan fingerprint density at radius 1 is 0.679 bits per heavy atom. The van der Waals surface area contributed by atoms with Gasteiger partial charge in [0.1, 0.15) is 23.9 Å². The van der Waals surface area contributed by atoms with Crippen molar-refractivity contribution in [3.8, 4) is 0 Å². The van der Waals surface area contributed by atoms with Gasteiger partial charge in [0.15, 0.2) is 0 Å². The number of nitrogens with one attached hydrogen (secondary N) is 5. The lowest BCUT2D eigenvalue weighted by atomic mass is 9.97. The number of carbonyl (C=O) groups is 6. The summed E-state index contributed by atoms with van der Waals surface area (Å²) in [5, 5.41) is 42.2. The van der Waals surface area contributed by atoms with E-state index < -0.39 is 78.3 Å². The zero-order chi connectivity index (χ0) is 42.6. The molecule has 7 atom stereocenters. The molecule has 1 aromatic rings. The van der Waals surface area contributed by atoms with Crippen LogP contribution in [-0.4, -0.2) is 93.2 Å². The minimum absolute atomic E-state index is 0. The molecule has 1 aromatic carbocycles. The van der Waals surface area contributed by atoms with Crippen LogP contribution in [0.5, 0.6) is 0 Å². The average molecular weight is 798 g/mol. The Morgan fingerprint density at radius 2 is 1.23 bits per heavy atom. The molecule has 0 unspecified atom stereocenters. The molecule has 14 nitrogen and oxygen atoms in total. The van der Waals surface area contributed by atoms with Gasteiger partial charge < -0.3 is 41.9 Å². The highest BCUT2D eigenvalue weighted by molar-refractivity contribution is 5.92.